The first-order valence-corrected chi connectivity index (χ1v) is 8.31. The molecule has 112 valence electrons. The van der Waals surface area contributed by atoms with Crippen LogP contribution in [0, 0.1) is 13.8 Å². The lowest BCUT2D eigenvalue weighted by molar-refractivity contribution is 0.354. The topological polar surface area (TPSA) is 18.5 Å². The molecule has 0 saturated heterocycles. The van der Waals surface area contributed by atoms with Crippen LogP contribution in [0.3, 0.4) is 0 Å². The second-order valence-corrected chi connectivity index (χ2v) is 6.72. The number of hydrogen-bond acceptors (Lipinski definition) is 2. The summed E-state index contributed by atoms with van der Waals surface area (Å²) < 4.78 is 11.7. The molecule has 0 N–H and O–H groups in total. The van der Waals surface area contributed by atoms with Crippen LogP contribution >= 0.6 is 31.9 Å². The highest BCUT2D eigenvalue weighted by Crippen LogP contribution is 2.42. The summed E-state index contributed by atoms with van der Waals surface area (Å²) >= 11 is 7.44. The maximum atomic E-state index is 5.41. The average Bonchev–Trinajstić information content (AvgIpc) is 2.48. The zero-order valence-corrected chi connectivity index (χ0v) is 15.7. The summed E-state index contributed by atoms with van der Waals surface area (Å²) in [6.07, 6.45) is 0. The van der Waals surface area contributed by atoms with Crippen molar-refractivity contribution in [1.82, 2.24) is 0 Å². The summed E-state index contributed by atoms with van der Waals surface area (Å²) in [5.41, 5.74) is 4.87. The SMILES string of the molecule is COc1cc(Br)c(C(Br)c2cc(C)ccc2C)cc1OC. The van der Waals surface area contributed by atoms with Crippen molar-refractivity contribution < 1.29 is 9.47 Å². The van der Waals surface area contributed by atoms with E-state index in [2.05, 4.69) is 63.9 Å². The van der Waals surface area contributed by atoms with Gasteiger partial charge in [-0.25, -0.2) is 0 Å². The summed E-state index contributed by atoms with van der Waals surface area (Å²) in [6.45, 7) is 4.23. The van der Waals surface area contributed by atoms with Crippen molar-refractivity contribution >= 4 is 31.9 Å². The molecular formula is C17H18Br2O2. The Bertz CT molecular complexity index is 653. The van der Waals surface area contributed by atoms with Gasteiger partial charge in [0.05, 0.1) is 19.0 Å². The number of hydrogen-bond donors (Lipinski definition) is 0. The van der Waals surface area contributed by atoms with Crippen LogP contribution in [0.2, 0.25) is 0 Å². The van der Waals surface area contributed by atoms with Crippen LogP contribution in [0.15, 0.2) is 34.8 Å². The highest BCUT2D eigenvalue weighted by molar-refractivity contribution is 9.11. The van der Waals surface area contributed by atoms with Gasteiger partial charge in [0.2, 0.25) is 0 Å². The Morgan fingerprint density at radius 3 is 2.14 bits per heavy atom. The number of ether oxygens (including phenoxy) is 2. The molecule has 0 aliphatic heterocycles. The fourth-order valence-electron chi connectivity index (χ4n) is 2.26. The number of alkyl halides is 1. The fraction of sp³-hybridized carbons (Fsp3) is 0.294. The molecule has 0 saturated carbocycles. The number of aryl methyl sites for hydroxylation is 2. The van der Waals surface area contributed by atoms with Gasteiger partial charge in [-0.3, -0.25) is 0 Å². The summed E-state index contributed by atoms with van der Waals surface area (Å²) in [5.74, 6) is 1.44. The van der Waals surface area contributed by atoms with E-state index in [0.717, 1.165) is 15.8 Å². The molecule has 0 bridgehead atoms. The van der Waals surface area contributed by atoms with Crippen molar-refractivity contribution in [1.29, 1.82) is 0 Å². The third kappa shape index (κ3) is 3.43. The normalized spacial score (nSPS) is 12.1. The lowest BCUT2D eigenvalue weighted by Crippen LogP contribution is -2.00. The molecule has 0 aliphatic rings. The Morgan fingerprint density at radius 1 is 0.905 bits per heavy atom. The number of methoxy groups -OCH3 is 2. The molecule has 21 heavy (non-hydrogen) atoms. The Kier molecular flexibility index (Phi) is 5.33. The summed E-state index contributed by atoms with van der Waals surface area (Å²) in [4.78, 5) is 0.0894. The quantitative estimate of drug-likeness (QED) is 0.610. The van der Waals surface area contributed by atoms with Crippen LogP contribution in [-0.2, 0) is 0 Å². The Labute approximate surface area is 142 Å². The molecule has 0 fully saturated rings. The number of halogens is 2. The standard InChI is InChI=1S/C17H18Br2O2/c1-10-5-6-11(2)12(7-10)17(19)13-8-15(20-3)16(21-4)9-14(13)18/h5-9,17H,1-4H3. The lowest BCUT2D eigenvalue weighted by Gasteiger charge is -2.18. The van der Waals surface area contributed by atoms with Gasteiger partial charge in [-0.2, -0.15) is 0 Å². The molecule has 0 spiro atoms. The molecule has 2 rings (SSSR count). The third-order valence-corrected chi connectivity index (χ3v) is 5.16. The van der Waals surface area contributed by atoms with Crippen molar-refractivity contribution in [2.45, 2.75) is 18.7 Å². The summed E-state index contributed by atoms with van der Waals surface area (Å²) in [5, 5.41) is 0. The molecule has 0 radical (unpaired) electrons. The molecule has 0 amide bonds. The largest absolute Gasteiger partial charge is 0.493 e. The van der Waals surface area contributed by atoms with E-state index in [4.69, 9.17) is 9.47 Å². The molecule has 0 aliphatic carbocycles. The molecular weight excluding hydrogens is 396 g/mol. The maximum Gasteiger partial charge on any atom is 0.161 e. The third-order valence-electron chi connectivity index (χ3n) is 3.48. The zero-order valence-electron chi connectivity index (χ0n) is 12.5. The van der Waals surface area contributed by atoms with Gasteiger partial charge in [-0.1, -0.05) is 55.6 Å². The van der Waals surface area contributed by atoms with Gasteiger partial charge >= 0.3 is 0 Å². The van der Waals surface area contributed by atoms with E-state index in [0.29, 0.717) is 5.75 Å². The monoisotopic (exact) mass is 412 g/mol. The van der Waals surface area contributed by atoms with Crippen molar-refractivity contribution in [3.63, 3.8) is 0 Å². The van der Waals surface area contributed by atoms with Crippen molar-refractivity contribution in [2.24, 2.45) is 0 Å². The lowest BCUT2D eigenvalue weighted by atomic mass is 9.98. The Hall–Kier alpha value is -1.00. The summed E-state index contributed by atoms with van der Waals surface area (Å²) in [7, 11) is 3.29. The van der Waals surface area contributed by atoms with Crippen LogP contribution in [0.5, 0.6) is 11.5 Å². The number of rotatable bonds is 4. The van der Waals surface area contributed by atoms with E-state index in [1.807, 2.05) is 12.1 Å². The predicted octanol–water partition coefficient (Wildman–Crippen LogP) is 5.57. The van der Waals surface area contributed by atoms with Crippen LogP contribution in [0.1, 0.15) is 27.1 Å². The molecule has 4 heteroatoms. The fourth-order valence-corrected chi connectivity index (χ4v) is 4.00. The molecule has 1 unspecified atom stereocenters. The van der Waals surface area contributed by atoms with E-state index in [9.17, 15) is 0 Å². The van der Waals surface area contributed by atoms with E-state index in [1.165, 1.54) is 16.7 Å². The first-order chi connectivity index (χ1) is 9.97. The van der Waals surface area contributed by atoms with Gasteiger partial charge < -0.3 is 9.47 Å². The van der Waals surface area contributed by atoms with Gasteiger partial charge in [-0.15, -0.1) is 0 Å². The van der Waals surface area contributed by atoms with Crippen LogP contribution in [0.25, 0.3) is 0 Å². The van der Waals surface area contributed by atoms with Crippen LogP contribution < -0.4 is 9.47 Å². The first-order valence-electron chi connectivity index (χ1n) is 6.60. The minimum absolute atomic E-state index is 0.0894. The second kappa shape index (κ2) is 6.84. The van der Waals surface area contributed by atoms with Crippen molar-refractivity contribution in [3.05, 3.63) is 57.1 Å². The molecule has 2 aromatic carbocycles. The van der Waals surface area contributed by atoms with Crippen LogP contribution in [0.4, 0.5) is 0 Å². The van der Waals surface area contributed by atoms with Gasteiger partial charge in [-0.05, 0) is 42.7 Å². The molecule has 0 aromatic heterocycles. The second-order valence-electron chi connectivity index (χ2n) is 4.95. The van der Waals surface area contributed by atoms with Gasteiger partial charge in [0.25, 0.3) is 0 Å². The van der Waals surface area contributed by atoms with E-state index in [-0.39, 0.29) is 4.83 Å². The Balaban J connectivity index is 2.52. The highest BCUT2D eigenvalue weighted by Gasteiger charge is 2.19. The van der Waals surface area contributed by atoms with Gasteiger partial charge in [0, 0.05) is 4.47 Å². The van der Waals surface area contributed by atoms with Crippen LogP contribution in [-0.4, -0.2) is 14.2 Å². The molecule has 0 heterocycles. The average molecular weight is 414 g/mol. The maximum absolute atomic E-state index is 5.41. The predicted molar refractivity (Wildman–Crippen MR) is 93.9 cm³/mol. The van der Waals surface area contributed by atoms with Crippen molar-refractivity contribution in [3.8, 4) is 11.5 Å². The minimum Gasteiger partial charge on any atom is -0.493 e. The van der Waals surface area contributed by atoms with E-state index >= 15 is 0 Å². The summed E-state index contributed by atoms with van der Waals surface area (Å²) in [6, 6.07) is 10.4. The smallest absolute Gasteiger partial charge is 0.161 e. The molecule has 2 aromatic rings. The molecule has 1 atom stereocenters. The molecule has 2 nitrogen and oxygen atoms in total. The minimum atomic E-state index is 0.0894. The van der Waals surface area contributed by atoms with Gasteiger partial charge in [0.15, 0.2) is 11.5 Å². The van der Waals surface area contributed by atoms with E-state index < -0.39 is 0 Å². The van der Waals surface area contributed by atoms with E-state index in [1.54, 1.807) is 14.2 Å². The van der Waals surface area contributed by atoms with Crippen molar-refractivity contribution in [2.75, 3.05) is 14.2 Å². The van der Waals surface area contributed by atoms with Gasteiger partial charge in [0.1, 0.15) is 0 Å². The zero-order chi connectivity index (χ0) is 15.6. The Morgan fingerprint density at radius 2 is 1.52 bits per heavy atom. The number of benzene rings is 2. The first kappa shape index (κ1) is 16.4. The highest BCUT2D eigenvalue weighted by atomic mass is 79.9.